The summed E-state index contributed by atoms with van der Waals surface area (Å²) in [5.41, 5.74) is 0.632. The maximum absolute atomic E-state index is 11.7. The van der Waals surface area contributed by atoms with E-state index in [-0.39, 0.29) is 17.6 Å². The smallest absolute Gasteiger partial charge is 0.227 e. The summed E-state index contributed by atoms with van der Waals surface area (Å²) in [5.74, 6) is 0.412. The number of rotatable bonds is 3. The fourth-order valence-corrected chi connectivity index (χ4v) is 1.14. The zero-order valence-electron chi connectivity index (χ0n) is 9.32. The highest BCUT2D eigenvalue weighted by molar-refractivity contribution is 5.92. The molecule has 82 valence electrons. The van der Waals surface area contributed by atoms with E-state index in [9.17, 15) is 9.90 Å². The third-order valence-corrected chi connectivity index (χ3v) is 2.53. The molecule has 0 aliphatic heterocycles. The predicted octanol–water partition coefficient (Wildman–Crippen LogP) is 2.62. The van der Waals surface area contributed by atoms with Crippen molar-refractivity contribution in [2.75, 3.05) is 5.32 Å². The Hall–Kier alpha value is -1.51. The molecule has 0 bridgehead atoms. The van der Waals surface area contributed by atoms with Gasteiger partial charge in [0.25, 0.3) is 0 Å². The van der Waals surface area contributed by atoms with Crippen LogP contribution >= 0.6 is 0 Å². The lowest BCUT2D eigenvalue weighted by atomic mass is 9.97. The Morgan fingerprint density at radius 1 is 1.33 bits per heavy atom. The van der Waals surface area contributed by atoms with E-state index < -0.39 is 0 Å². The highest BCUT2D eigenvalue weighted by atomic mass is 16.3. The van der Waals surface area contributed by atoms with Crippen LogP contribution in [0.2, 0.25) is 0 Å². The molecule has 0 fully saturated rings. The number of anilines is 1. The molecule has 0 spiro atoms. The summed E-state index contributed by atoms with van der Waals surface area (Å²) >= 11 is 0. The molecular formula is C12H17NO2. The summed E-state index contributed by atoms with van der Waals surface area (Å²) in [6, 6.07) is 6.56. The highest BCUT2D eigenvalue weighted by Gasteiger charge is 2.16. The van der Waals surface area contributed by atoms with Crippen molar-refractivity contribution in [3.8, 4) is 5.75 Å². The van der Waals surface area contributed by atoms with Crippen LogP contribution in [0.1, 0.15) is 20.8 Å². The number of phenols is 1. The molecule has 3 nitrogen and oxygen atoms in total. The second kappa shape index (κ2) is 4.82. The van der Waals surface area contributed by atoms with Gasteiger partial charge in [-0.15, -0.1) is 0 Å². The van der Waals surface area contributed by atoms with Crippen LogP contribution in [0.3, 0.4) is 0 Å². The number of nitrogens with one attached hydrogen (secondary N) is 1. The molecule has 15 heavy (non-hydrogen) atoms. The number of carbonyl (C=O) groups excluding carboxylic acids is 1. The van der Waals surface area contributed by atoms with E-state index >= 15 is 0 Å². The monoisotopic (exact) mass is 207 g/mol. The number of phenolic OH excluding ortho intramolecular Hbond substituents is 1. The summed E-state index contributed by atoms with van der Waals surface area (Å²) in [6.45, 7) is 5.90. The molecule has 0 saturated carbocycles. The van der Waals surface area contributed by atoms with Gasteiger partial charge < -0.3 is 10.4 Å². The molecule has 1 aromatic carbocycles. The van der Waals surface area contributed by atoms with Gasteiger partial charge in [-0.2, -0.15) is 0 Å². The summed E-state index contributed by atoms with van der Waals surface area (Å²) < 4.78 is 0. The van der Waals surface area contributed by atoms with Crippen LogP contribution in [0, 0.1) is 11.8 Å². The number of benzene rings is 1. The number of aromatic hydroxyl groups is 1. The Balaban J connectivity index is 2.66. The Bertz CT molecular complexity index is 347. The summed E-state index contributed by atoms with van der Waals surface area (Å²) in [7, 11) is 0. The van der Waals surface area contributed by atoms with E-state index in [4.69, 9.17) is 0 Å². The lowest BCUT2D eigenvalue weighted by Crippen LogP contribution is -2.24. The van der Waals surface area contributed by atoms with Gasteiger partial charge in [0, 0.05) is 17.7 Å². The van der Waals surface area contributed by atoms with Gasteiger partial charge in [0.15, 0.2) is 0 Å². The van der Waals surface area contributed by atoms with Gasteiger partial charge in [0.05, 0.1) is 0 Å². The molecule has 1 amide bonds. The minimum Gasteiger partial charge on any atom is -0.508 e. The van der Waals surface area contributed by atoms with E-state index in [0.29, 0.717) is 11.6 Å². The van der Waals surface area contributed by atoms with Crippen LogP contribution < -0.4 is 5.32 Å². The van der Waals surface area contributed by atoms with Crippen molar-refractivity contribution in [1.82, 2.24) is 0 Å². The third kappa shape index (κ3) is 3.27. The summed E-state index contributed by atoms with van der Waals surface area (Å²) in [4.78, 5) is 11.7. The van der Waals surface area contributed by atoms with Gasteiger partial charge in [-0.3, -0.25) is 4.79 Å². The van der Waals surface area contributed by atoms with E-state index in [1.54, 1.807) is 18.2 Å². The highest BCUT2D eigenvalue weighted by Crippen LogP contribution is 2.18. The SMILES string of the molecule is CC(C)C(C)C(=O)Nc1cccc(O)c1. The van der Waals surface area contributed by atoms with Crippen molar-refractivity contribution in [2.24, 2.45) is 11.8 Å². The molecule has 0 aliphatic carbocycles. The summed E-state index contributed by atoms with van der Waals surface area (Å²) in [6.07, 6.45) is 0. The standard InChI is InChI=1S/C12H17NO2/c1-8(2)9(3)12(15)13-10-5-4-6-11(14)7-10/h4-9,14H,1-3H3,(H,13,15). The van der Waals surface area contributed by atoms with Gasteiger partial charge in [0.1, 0.15) is 5.75 Å². The van der Waals surface area contributed by atoms with Crippen molar-refractivity contribution >= 4 is 11.6 Å². The zero-order chi connectivity index (χ0) is 11.4. The van der Waals surface area contributed by atoms with Crippen LogP contribution in [-0.4, -0.2) is 11.0 Å². The largest absolute Gasteiger partial charge is 0.508 e. The van der Waals surface area contributed by atoms with E-state index in [2.05, 4.69) is 5.32 Å². The Morgan fingerprint density at radius 2 is 2.00 bits per heavy atom. The zero-order valence-corrected chi connectivity index (χ0v) is 9.32. The molecule has 1 aromatic rings. The third-order valence-electron chi connectivity index (χ3n) is 2.53. The van der Waals surface area contributed by atoms with Gasteiger partial charge in [-0.1, -0.05) is 26.8 Å². The van der Waals surface area contributed by atoms with Crippen LogP contribution in [0.15, 0.2) is 24.3 Å². The number of amides is 1. The molecule has 0 saturated heterocycles. The molecular weight excluding hydrogens is 190 g/mol. The van der Waals surface area contributed by atoms with Gasteiger partial charge in [-0.05, 0) is 18.1 Å². The van der Waals surface area contributed by atoms with Crippen molar-refractivity contribution in [3.63, 3.8) is 0 Å². The Labute approximate surface area is 90.1 Å². The van der Waals surface area contributed by atoms with Crippen LogP contribution in [0.5, 0.6) is 5.75 Å². The molecule has 1 atom stereocenters. The Kier molecular flexibility index (Phi) is 3.72. The molecule has 1 rings (SSSR count). The van der Waals surface area contributed by atoms with Gasteiger partial charge >= 0.3 is 0 Å². The molecule has 3 heteroatoms. The maximum Gasteiger partial charge on any atom is 0.227 e. The van der Waals surface area contributed by atoms with Crippen molar-refractivity contribution < 1.29 is 9.90 Å². The molecule has 1 unspecified atom stereocenters. The first-order chi connectivity index (χ1) is 7.00. The quantitative estimate of drug-likeness (QED) is 0.800. The normalized spacial score (nSPS) is 12.5. The van der Waals surface area contributed by atoms with E-state index in [1.807, 2.05) is 20.8 Å². The second-order valence-electron chi connectivity index (χ2n) is 4.07. The maximum atomic E-state index is 11.7. The molecule has 0 aliphatic rings. The first-order valence-corrected chi connectivity index (χ1v) is 5.10. The van der Waals surface area contributed by atoms with Crippen molar-refractivity contribution in [3.05, 3.63) is 24.3 Å². The Morgan fingerprint density at radius 3 is 2.53 bits per heavy atom. The van der Waals surface area contributed by atoms with Crippen LogP contribution in [0.4, 0.5) is 5.69 Å². The average Bonchev–Trinajstić information content (AvgIpc) is 2.16. The number of hydrogen-bond donors (Lipinski definition) is 2. The van der Waals surface area contributed by atoms with Gasteiger partial charge in [0.2, 0.25) is 5.91 Å². The molecule has 0 heterocycles. The topological polar surface area (TPSA) is 49.3 Å². The van der Waals surface area contributed by atoms with Crippen LogP contribution in [0.25, 0.3) is 0 Å². The first-order valence-electron chi connectivity index (χ1n) is 5.10. The predicted molar refractivity (Wildman–Crippen MR) is 60.7 cm³/mol. The minimum absolute atomic E-state index is 0.0180. The second-order valence-corrected chi connectivity index (χ2v) is 4.07. The fourth-order valence-electron chi connectivity index (χ4n) is 1.14. The summed E-state index contributed by atoms with van der Waals surface area (Å²) in [5, 5.41) is 12.0. The van der Waals surface area contributed by atoms with E-state index in [1.165, 1.54) is 6.07 Å². The fraction of sp³-hybridized carbons (Fsp3) is 0.417. The lowest BCUT2D eigenvalue weighted by molar-refractivity contribution is -0.120. The number of hydrogen-bond acceptors (Lipinski definition) is 2. The average molecular weight is 207 g/mol. The number of carbonyl (C=O) groups is 1. The van der Waals surface area contributed by atoms with Crippen LogP contribution in [-0.2, 0) is 4.79 Å². The van der Waals surface area contributed by atoms with Crippen molar-refractivity contribution in [2.45, 2.75) is 20.8 Å². The minimum atomic E-state index is -0.0349. The lowest BCUT2D eigenvalue weighted by Gasteiger charge is -2.15. The van der Waals surface area contributed by atoms with Gasteiger partial charge in [-0.25, -0.2) is 0 Å². The van der Waals surface area contributed by atoms with Crippen molar-refractivity contribution in [1.29, 1.82) is 0 Å². The van der Waals surface area contributed by atoms with E-state index in [0.717, 1.165) is 0 Å². The molecule has 2 N–H and O–H groups in total. The molecule has 0 aromatic heterocycles. The first kappa shape index (κ1) is 11.6. The molecule has 0 radical (unpaired) electrons.